The van der Waals surface area contributed by atoms with Gasteiger partial charge in [-0.3, -0.25) is 0 Å². The number of hydrogen-bond donors (Lipinski definition) is 0. The van der Waals surface area contributed by atoms with E-state index in [2.05, 4.69) is 34.6 Å². The fraction of sp³-hybridized carbons (Fsp3) is 0.630. The first-order chi connectivity index (χ1) is 14.8. The maximum atomic E-state index is 10.2. The molecule has 0 unspecified atom stereocenters. The average Bonchev–Trinajstić information content (AvgIpc) is 2.76. The maximum absolute atomic E-state index is 10.2. The summed E-state index contributed by atoms with van der Waals surface area (Å²) in [7, 11) is 0. The van der Waals surface area contributed by atoms with Gasteiger partial charge in [-0.15, -0.1) is 0 Å². The second-order valence-corrected chi connectivity index (χ2v) is 7.46. The summed E-state index contributed by atoms with van der Waals surface area (Å²) in [6.07, 6.45) is 14.3. The number of carboxylic acid groups (broad SMARTS) is 2. The summed E-state index contributed by atoms with van der Waals surface area (Å²) in [5.41, 5.74) is 1.27. The summed E-state index contributed by atoms with van der Waals surface area (Å²) in [5, 5.41) is 20.3. The Balaban J connectivity index is -0.000000182. The summed E-state index contributed by atoms with van der Waals surface area (Å²) >= 11 is 0. The zero-order valence-electron chi connectivity index (χ0n) is 21.0. The molecule has 0 saturated heterocycles. The molecule has 0 aromatic heterocycles. The predicted octanol–water partition coefficient (Wildman–Crippen LogP) is 5.49. The molecule has 5 heteroatoms. The Morgan fingerprint density at radius 3 is 1.41 bits per heavy atom. The molecule has 4 nitrogen and oxygen atoms in total. The molecular weight excluding hydrogens is 507 g/mol. The zero-order chi connectivity index (χ0) is 24.3. The molecule has 1 aromatic carbocycles. The van der Waals surface area contributed by atoms with Crippen LogP contribution in [0.4, 0.5) is 0 Å². The number of hydrogen-bond acceptors (Lipinski definition) is 4. The van der Waals surface area contributed by atoms with Gasteiger partial charge in [-0.05, 0) is 25.3 Å². The molecule has 32 heavy (non-hydrogen) atoms. The van der Waals surface area contributed by atoms with Crippen LogP contribution in [0.5, 0.6) is 0 Å². The van der Waals surface area contributed by atoms with Gasteiger partial charge in [-0.1, -0.05) is 135 Å². The van der Waals surface area contributed by atoms with Gasteiger partial charge in [0.25, 0.3) is 0 Å². The number of rotatable bonds is 12. The molecule has 0 atom stereocenters. The van der Waals surface area contributed by atoms with Gasteiger partial charge in [0.1, 0.15) is 0 Å². The fourth-order valence-electron chi connectivity index (χ4n) is 2.09. The second kappa shape index (κ2) is 32.1. The van der Waals surface area contributed by atoms with Crippen molar-refractivity contribution in [2.75, 3.05) is 0 Å². The van der Waals surface area contributed by atoms with Crippen LogP contribution in [0.25, 0.3) is 0 Å². The molecule has 4 radical (unpaired) electrons. The summed E-state index contributed by atoms with van der Waals surface area (Å²) < 4.78 is 0. The molecule has 1 rings (SSSR count). The van der Waals surface area contributed by atoms with E-state index in [1.165, 1.54) is 63.5 Å². The standard InChI is InChI=1S/C11H22O2.C8H8O2.2C4H9.Sn/c1-2-3-4-5-6-7-8-9-10-11(12)13;1-6-2-4-7(5-3-6)8(9)10;2*1-3-4-2;/h2-10H2,1H3,(H,12,13);2-5H,1H3,(H,9,10);2*1,3-4H2,2H3;/q;;;;+2/p-2. The topological polar surface area (TPSA) is 80.3 Å². The van der Waals surface area contributed by atoms with Gasteiger partial charge in [-0.25, -0.2) is 0 Å². The largest absolute Gasteiger partial charge is 2.00 e. The van der Waals surface area contributed by atoms with E-state index in [0.29, 0.717) is 0 Å². The Bertz CT molecular complexity index is 493. The molecule has 182 valence electrons. The van der Waals surface area contributed by atoms with Crippen LogP contribution in [0.1, 0.15) is 120 Å². The van der Waals surface area contributed by atoms with Gasteiger partial charge in [0, 0.05) is 5.97 Å². The van der Waals surface area contributed by atoms with Crippen LogP contribution in [0.2, 0.25) is 0 Å². The van der Waals surface area contributed by atoms with Gasteiger partial charge in [0.2, 0.25) is 0 Å². The molecule has 0 saturated carbocycles. The molecule has 0 heterocycles. The molecule has 0 aliphatic rings. The van der Waals surface area contributed by atoms with Crippen molar-refractivity contribution in [3.8, 4) is 0 Å². The molecule has 1 aromatic rings. The quantitative estimate of drug-likeness (QED) is 0.254. The zero-order valence-corrected chi connectivity index (χ0v) is 23.9. The Morgan fingerprint density at radius 2 is 1.09 bits per heavy atom. The third kappa shape index (κ3) is 36.3. The van der Waals surface area contributed by atoms with Crippen molar-refractivity contribution in [1.29, 1.82) is 0 Å². The van der Waals surface area contributed by atoms with Gasteiger partial charge in [0.15, 0.2) is 0 Å². The van der Waals surface area contributed by atoms with Crippen molar-refractivity contribution >= 4 is 35.8 Å². The third-order valence-electron chi connectivity index (χ3n) is 4.23. The van der Waals surface area contributed by atoms with Crippen LogP contribution in [-0.2, 0) is 4.79 Å². The number of benzene rings is 1. The smallest absolute Gasteiger partial charge is 0.550 e. The molecule has 0 fully saturated rings. The molecule has 0 N–H and O–H groups in total. The first-order valence-corrected chi connectivity index (χ1v) is 11.9. The van der Waals surface area contributed by atoms with Crippen LogP contribution in [0.3, 0.4) is 0 Å². The average molecular weight is 553 g/mol. The van der Waals surface area contributed by atoms with Crippen LogP contribution in [0, 0.1) is 20.8 Å². The number of unbranched alkanes of at least 4 members (excludes halogenated alkanes) is 9. The van der Waals surface area contributed by atoms with Crippen molar-refractivity contribution in [3.05, 3.63) is 49.2 Å². The molecular formula is C27H46O4Sn. The van der Waals surface area contributed by atoms with Crippen molar-refractivity contribution < 1.29 is 19.8 Å². The summed E-state index contributed by atoms with van der Waals surface area (Å²) in [6.45, 7) is 15.6. The fourth-order valence-corrected chi connectivity index (χ4v) is 2.09. The van der Waals surface area contributed by atoms with E-state index in [9.17, 15) is 19.8 Å². The SMILES string of the molecule is CCCCCCCCCCC(=O)[O-].Cc1ccc(C(=O)[O-])cc1.[CH2]CCC.[CH2]CCC.[Sn+2]. The Morgan fingerprint density at radius 1 is 0.719 bits per heavy atom. The van der Waals surface area contributed by atoms with Crippen molar-refractivity contribution in [2.24, 2.45) is 0 Å². The van der Waals surface area contributed by atoms with Gasteiger partial charge < -0.3 is 19.8 Å². The molecule has 0 spiro atoms. The van der Waals surface area contributed by atoms with Crippen LogP contribution >= 0.6 is 0 Å². The van der Waals surface area contributed by atoms with E-state index >= 15 is 0 Å². The summed E-state index contributed by atoms with van der Waals surface area (Å²) in [6, 6.07) is 6.55. The maximum Gasteiger partial charge on any atom is 2.00 e. The minimum absolute atomic E-state index is 0. The van der Waals surface area contributed by atoms with Crippen molar-refractivity contribution in [3.63, 3.8) is 0 Å². The van der Waals surface area contributed by atoms with E-state index in [1.54, 1.807) is 12.1 Å². The van der Waals surface area contributed by atoms with E-state index < -0.39 is 11.9 Å². The number of carbonyl (C=O) groups excluding carboxylic acids is 2. The number of carboxylic acids is 2. The molecule has 0 aliphatic carbocycles. The van der Waals surface area contributed by atoms with Crippen LogP contribution < -0.4 is 10.2 Å². The monoisotopic (exact) mass is 554 g/mol. The van der Waals surface area contributed by atoms with E-state index in [1.807, 2.05) is 6.92 Å². The first-order valence-electron chi connectivity index (χ1n) is 11.9. The Hall–Kier alpha value is -1.04. The number of carbonyl (C=O) groups is 2. The summed E-state index contributed by atoms with van der Waals surface area (Å²) in [5.74, 6) is -2.04. The van der Waals surface area contributed by atoms with Crippen LogP contribution in [0.15, 0.2) is 24.3 Å². The van der Waals surface area contributed by atoms with E-state index in [0.717, 1.165) is 31.2 Å². The minimum atomic E-state index is -1.12. The molecule has 0 bridgehead atoms. The summed E-state index contributed by atoms with van der Waals surface area (Å²) in [4.78, 5) is 20.3. The van der Waals surface area contributed by atoms with Gasteiger partial charge >= 0.3 is 23.9 Å². The molecule has 0 aliphatic heterocycles. The number of aryl methyl sites for hydroxylation is 1. The first kappa shape index (κ1) is 38.2. The Kier molecular flexibility index (Phi) is 38.4. The van der Waals surface area contributed by atoms with Crippen molar-refractivity contribution in [1.82, 2.24) is 0 Å². The van der Waals surface area contributed by atoms with E-state index in [4.69, 9.17) is 0 Å². The van der Waals surface area contributed by atoms with Crippen molar-refractivity contribution in [2.45, 2.75) is 111 Å². The Labute approximate surface area is 215 Å². The minimum Gasteiger partial charge on any atom is -0.550 e. The van der Waals surface area contributed by atoms with Gasteiger partial charge in [-0.2, -0.15) is 0 Å². The van der Waals surface area contributed by atoms with E-state index in [-0.39, 0.29) is 35.9 Å². The number of aliphatic carboxylic acids is 1. The normalized spacial score (nSPS) is 8.94. The van der Waals surface area contributed by atoms with Crippen LogP contribution in [-0.4, -0.2) is 35.8 Å². The van der Waals surface area contributed by atoms with Gasteiger partial charge in [0.05, 0.1) is 5.97 Å². The predicted molar refractivity (Wildman–Crippen MR) is 134 cm³/mol. The second-order valence-electron chi connectivity index (χ2n) is 7.46. The molecule has 0 amide bonds. The third-order valence-corrected chi connectivity index (χ3v) is 4.23. The number of aromatic carboxylic acids is 1.